The molecule has 7 N–H and O–H groups in total. The molecule has 0 unspecified atom stereocenters. The number of hydrogen-bond acceptors (Lipinski definition) is 5. The van der Waals surface area contributed by atoms with Crippen molar-refractivity contribution in [3.05, 3.63) is 79.4 Å². The van der Waals surface area contributed by atoms with Crippen molar-refractivity contribution in [2.75, 3.05) is 36.8 Å². The molecule has 0 aromatic heterocycles. The standard InChI is InChI=1S/C31H45N7O/c1-3-29(32)36-23-11-7-5-9-21-34-26-15-13-25(14-16-26)31(33)38-28-19-17-27(18-20-28)35-22-10-6-8-12-24-37-30(39)4-2/h3-4,13-20,34-35H,1-2,5-12,21-24H2,(H2,32,36)(H2,33,38)(H,37,39). The smallest absolute Gasteiger partial charge is 0.243 e. The van der Waals surface area contributed by atoms with Crippen LogP contribution in [0.15, 0.2) is 83.8 Å². The summed E-state index contributed by atoms with van der Waals surface area (Å²) in [5.74, 6) is 0.898. The van der Waals surface area contributed by atoms with E-state index in [1.165, 1.54) is 6.08 Å². The van der Waals surface area contributed by atoms with Gasteiger partial charge in [-0.15, -0.1) is 0 Å². The molecule has 39 heavy (non-hydrogen) atoms. The zero-order valence-corrected chi connectivity index (χ0v) is 23.1. The van der Waals surface area contributed by atoms with Gasteiger partial charge in [0.05, 0.1) is 5.69 Å². The second-order valence-corrected chi connectivity index (χ2v) is 9.31. The van der Waals surface area contributed by atoms with Gasteiger partial charge in [0.25, 0.3) is 0 Å². The van der Waals surface area contributed by atoms with E-state index in [4.69, 9.17) is 11.5 Å². The van der Waals surface area contributed by atoms with Gasteiger partial charge in [-0.05, 0) is 86.4 Å². The third-order valence-corrected chi connectivity index (χ3v) is 6.13. The fourth-order valence-corrected chi connectivity index (χ4v) is 3.83. The highest BCUT2D eigenvalue weighted by molar-refractivity contribution is 5.99. The molecule has 0 spiro atoms. The van der Waals surface area contributed by atoms with E-state index < -0.39 is 0 Å². The molecule has 0 fully saturated rings. The molecule has 0 radical (unpaired) electrons. The number of aliphatic imine (C=N–C) groups is 2. The lowest BCUT2D eigenvalue weighted by molar-refractivity contribution is -0.116. The van der Waals surface area contributed by atoms with Crippen LogP contribution < -0.4 is 27.4 Å². The first-order valence-corrected chi connectivity index (χ1v) is 13.9. The quantitative estimate of drug-likeness (QED) is 0.0665. The van der Waals surface area contributed by atoms with Crippen LogP contribution in [0.25, 0.3) is 0 Å². The van der Waals surface area contributed by atoms with Crippen LogP contribution in [0.5, 0.6) is 0 Å². The number of amidine groups is 2. The summed E-state index contributed by atoms with van der Waals surface area (Å²) in [7, 11) is 0. The van der Waals surface area contributed by atoms with Crippen LogP contribution in [0.2, 0.25) is 0 Å². The van der Waals surface area contributed by atoms with Gasteiger partial charge in [0.2, 0.25) is 5.91 Å². The molecule has 0 bridgehead atoms. The number of nitrogens with one attached hydrogen (secondary N) is 3. The number of carbonyl (C=O) groups excluding carboxylic acids is 1. The second kappa shape index (κ2) is 19.1. The van der Waals surface area contributed by atoms with Crippen molar-refractivity contribution in [2.24, 2.45) is 21.5 Å². The Morgan fingerprint density at radius 3 is 1.82 bits per heavy atom. The Labute approximate surface area is 233 Å². The Kier molecular flexibility index (Phi) is 15.2. The monoisotopic (exact) mass is 531 g/mol. The Morgan fingerprint density at radius 2 is 1.26 bits per heavy atom. The number of nitrogens with two attached hydrogens (primary N) is 2. The Hall–Kier alpha value is -4.07. The van der Waals surface area contributed by atoms with E-state index in [1.807, 2.05) is 48.5 Å². The SMILES string of the molecule is C=CC(=O)NCCCCCCNc1ccc(N=C(N)c2ccc(NCCCCCCN=C(N)C=C)cc2)cc1. The van der Waals surface area contributed by atoms with E-state index in [2.05, 4.69) is 39.1 Å². The number of unbranched alkanes of at least 4 members (excludes halogenated alkanes) is 6. The fraction of sp³-hybridized carbons (Fsp3) is 0.387. The largest absolute Gasteiger partial charge is 0.385 e. The van der Waals surface area contributed by atoms with Gasteiger partial charge in [-0.25, -0.2) is 4.99 Å². The Bertz CT molecular complexity index is 1060. The van der Waals surface area contributed by atoms with E-state index in [1.54, 1.807) is 6.08 Å². The molecule has 0 atom stereocenters. The number of anilines is 2. The van der Waals surface area contributed by atoms with Crippen LogP contribution in [-0.4, -0.2) is 43.8 Å². The molecule has 210 valence electrons. The maximum absolute atomic E-state index is 11.1. The molecule has 0 saturated carbocycles. The zero-order chi connectivity index (χ0) is 28.1. The zero-order valence-electron chi connectivity index (χ0n) is 23.1. The molecule has 2 rings (SSSR count). The second-order valence-electron chi connectivity index (χ2n) is 9.31. The van der Waals surface area contributed by atoms with Gasteiger partial charge in [-0.2, -0.15) is 0 Å². The number of rotatable bonds is 20. The first-order chi connectivity index (χ1) is 19.0. The summed E-state index contributed by atoms with van der Waals surface area (Å²) in [5.41, 5.74) is 15.7. The van der Waals surface area contributed by atoms with E-state index in [9.17, 15) is 4.79 Å². The number of nitrogens with zero attached hydrogens (tertiary/aromatic N) is 2. The van der Waals surface area contributed by atoms with Crippen LogP contribution in [0.3, 0.4) is 0 Å². The van der Waals surface area contributed by atoms with Gasteiger partial charge in [0.1, 0.15) is 11.7 Å². The highest BCUT2D eigenvalue weighted by atomic mass is 16.1. The maximum Gasteiger partial charge on any atom is 0.243 e. The highest BCUT2D eigenvalue weighted by Crippen LogP contribution is 2.18. The number of benzene rings is 2. The molecule has 2 aromatic rings. The van der Waals surface area contributed by atoms with Gasteiger partial charge in [0, 0.05) is 43.1 Å². The lowest BCUT2D eigenvalue weighted by atomic mass is 10.1. The Balaban J connectivity index is 1.64. The van der Waals surface area contributed by atoms with Crippen LogP contribution in [0.4, 0.5) is 17.1 Å². The van der Waals surface area contributed by atoms with E-state index in [-0.39, 0.29) is 5.91 Å². The molecule has 2 aromatic carbocycles. The van der Waals surface area contributed by atoms with Gasteiger partial charge < -0.3 is 27.4 Å². The topological polar surface area (TPSA) is 130 Å². The van der Waals surface area contributed by atoms with Crippen molar-refractivity contribution in [3.63, 3.8) is 0 Å². The minimum absolute atomic E-state index is 0.108. The average Bonchev–Trinajstić information content (AvgIpc) is 2.96. The number of amides is 1. The summed E-state index contributed by atoms with van der Waals surface area (Å²) in [4.78, 5) is 19.9. The average molecular weight is 532 g/mol. The van der Waals surface area contributed by atoms with E-state index in [0.29, 0.717) is 18.2 Å². The van der Waals surface area contributed by atoms with Crippen molar-refractivity contribution in [2.45, 2.75) is 51.4 Å². The van der Waals surface area contributed by atoms with Crippen LogP contribution in [0.1, 0.15) is 56.9 Å². The van der Waals surface area contributed by atoms with Crippen LogP contribution in [0, 0.1) is 0 Å². The molecule has 8 heteroatoms. The summed E-state index contributed by atoms with van der Waals surface area (Å²) in [6.45, 7) is 10.3. The van der Waals surface area contributed by atoms with Gasteiger partial charge in [0.15, 0.2) is 0 Å². The molecule has 0 heterocycles. The lowest BCUT2D eigenvalue weighted by Crippen LogP contribution is -2.21. The maximum atomic E-state index is 11.1. The third kappa shape index (κ3) is 13.9. The molecule has 0 aliphatic rings. The normalized spacial score (nSPS) is 11.6. The number of carbonyl (C=O) groups is 1. The summed E-state index contributed by atoms with van der Waals surface area (Å²) in [6, 6.07) is 16.0. The summed E-state index contributed by atoms with van der Waals surface area (Å²) < 4.78 is 0. The van der Waals surface area contributed by atoms with Crippen molar-refractivity contribution in [3.8, 4) is 0 Å². The summed E-state index contributed by atoms with van der Waals surface area (Å²) in [5, 5.41) is 9.69. The number of hydrogen-bond donors (Lipinski definition) is 5. The first kappa shape index (κ1) is 31.1. The van der Waals surface area contributed by atoms with Crippen molar-refractivity contribution in [1.82, 2.24) is 5.32 Å². The summed E-state index contributed by atoms with van der Waals surface area (Å²) >= 11 is 0. The van der Waals surface area contributed by atoms with Crippen LogP contribution in [-0.2, 0) is 4.79 Å². The predicted molar refractivity (Wildman–Crippen MR) is 167 cm³/mol. The highest BCUT2D eigenvalue weighted by Gasteiger charge is 2.01. The van der Waals surface area contributed by atoms with Crippen molar-refractivity contribution in [1.29, 1.82) is 0 Å². The Morgan fingerprint density at radius 1 is 0.718 bits per heavy atom. The van der Waals surface area contributed by atoms with Gasteiger partial charge in [-0.3, -0.25) is 9.79 Å². The minimum Gasteiger partial charge on any atom is -0.385 e. The molecule has 0 aliphatic carbocycles. The minimum atomic E-state index is -0.108. The molecule has 8 nitrogen and oxygen atoms in total. The summed E-state index contributed by atoms with van der Waals surface area (Å²) in [6.07, 6.45) is 11.6. The molecular weight excluding hydrogens is 486 g/mol. The molecular formula is C31H45N7O. The predicted octanol–water partition coefficient (Wildman–Crippen LogP) is 5.51. The third-order valence-electron chi connectivity index (χ3n) is 6.13. The van der Waals surface area contributed by atoms with Gasteiger partial charge in [-0.1, -0.05) is 38.8 Å². The van der Waals surface area contributed by atoms with E-state index in [0.717, 1.165) is 93.6 Å². The molecule has 1 amide bonds. The fourth-order valence-electron chi connectivity index (χ4n) is 3.83. The van der Waals surface area contributed by atoms with Crippen molar-refractivity contribution >= 4 is 34.6 Å². The molecule has 0 aliphatic heterocycles. The first-order valence-electron chi connectivity index (χ1n) is 13.9. The molecule has 0 saturated heterocycles. The van der Waals surface area contributed by atoms with E-state index >= 15 is 0 Å². The van der Waals surface area contributed by atoms with Crippen LogP contribution >= 0.6 is 0 Å². The van der Waals surface area contributed by atoms with Crippen molar-refractivity contribution < 1.29 is 4.79 Å². The van der Waals surface area contributed by atoms with Gasteiger partial charge >= 0.3 is 0 Å². The lowest BCUT2D eigenvalue weighted by Gasteiger charge is -2.08.